The van der Waals surface area contributed by atoms with Gasteiger partial charge in [0, 0.05) is 19.5 Å². The number of hydrogen-bond acceptors (Lipinski definition) is 3. The fourth-order valence-electron chi connectivity index (χ4n) is 1.16. The molecule has 1 aromatic heterocycles. The lowest BCUT2D eigenvalue weighted by Crippen LogP contribution is -2.24. The van der Waals surface area contributed by atoms with Crippen molar-refractivity contribution in [2.45, 2.75) is 13.8 Å². The Labute approximate surface area is 85.3 Å². The molecule has 14 heavy (non-hydrogen) atoms. The van der Waals surface area contributed by atoms with Gasteiger partial charge < -0.3 is 10.1 Å². The van der Waals surface area contributed by atoms with Gasteiger partial charge in [0.05, 0.1) is 19.0 Å². The Hall–Kier alpha value is -1.03. The van der Waals surface area contributed by atoms with E-state index in [1.54, 1.807) is 10.9 Å². The highest BCUT2D eigenvalue weighted by molar-refractivity contribution is 5.11. The number of nitrogens with zero attached hydrogens (tertiary/aromatic N) is 2. The molecule has 1 heterocycles. The van der Waals surface area contributed by atoms with Crippen molar-refractivity contribution in [3.8, 4) is 5.75 Å². The van der Waals surface area contributed by atoms with Gasteiger partial charge in [-0.1, -0.05) is 13.8 Å². The van der Waals surface area contributed by atoms with Crippen LogP contribution < -0.4 is 10.1 Å². The second-order valence-electron chi connectivity index (χ2n) is 3.57. The maximum atomic E-state index is 5.56. The molecule has 1 atom stereocenters. The molecule has 0 aromatic carbocycles. The van der Waals surface area contributed by atoms with Crippen LogP contribution in [0.4, 0.5) is 0 Å². The molecule has 0 radical (unpaired) electrons. The molecule has 0 aliphatic heterocycles. The minimum atomic E-state index is 0.523. The molecule has 1 N–H and O–H groups in total. The summed E-state index contributed by atoms with van der Waals surface area (Å²) in [4.78, 5) is 0. The first-order valence-corrected chi connectivity index (χ1v) is 5.04. The molecule has 1 unspecified atom stereocenters. The lowest BCUT2D eigenvalue weighted by molar-refractivity contribution is 0.256. The van der Waals surface area contributed by atoms with Gasteiger partial charge in [0.1, 0.15) is 0 Å². The van der Waals surface area contributed by atoms with E-state index in [1.165, 1.54) is 0 Å². The molecule has 0 aliphatic carbocycles. The van der Waals surface area contributed by atoms with E-state index < -0.39 is 0 Å². The Balaban J connectivity index is 2.20. The third-order valence-corrected chi connectivity index (χ3v) is 1.96. The molecule has 4 heteroatoms. The van der Waals surface area contributed by atoms with Crippen molar-refractivity contribution < 1.29 is 4.74 Å². The molecule has 0 saturated heterocycles. The molecule has 0 amide bonds. The fraction of sp³-hybridized carbons (Fsp3) is 0.700. The quantitative estimate of drug-likeness (QED) is 0.740. The largest absolute Gasteiger partial charge is 0.490 e. The molecule has 0 spiro atoms. The summed E-state index contributed by atoms with van der Waals surface area (Å²) >= 11 is 0. The van der Waals surface area contributed by atoms with Gasteiger partial charge >= 0.3 is 0 Å². The third-order valence-electron chi connectivity index (χ3n) is 1.96. The Kier molecular flexibility index (Phi) is 4.46. The lowest BCUT2D eigenvalue weighted by atomic mass is 10.2. The monoisotopic (exact) mass is 197 g/mol. The Morgan fingerprint density at radius 1 is 1.64 bits per heavy atom. The van der Waals surface area contributed by atoms with E-state index in [2.05, 4.69) is 24.3 Å². The van der Waals surface area contributed by atoms with Crippen molar-refractivity contribution in [1.82, 2.24) is 15.1 Å². The van der Waals surface area contributed by atoms with Gasteiger partial charge in [-0.15, -0.1) is 0 Å². The minimum Gasteiger partial charge on any atom is -0.490 e. The maximum Gasteiger partial charge on any atom is 0.157 e. The van der Waals surface area contributed by atoms with Crippen molar-refractivity contribution in [3.05, 3.63) is 12.4 Å². The zero-order chi connectivity index (χ0) is 10.4. The Morgan fingerprint density at radius 3 is 3.00 bits per heavy atom. The average molecular weight is 197 g/mol. The molecule has 0 bridgehead atoms. The summed E-state index contributed by atoms with van der Waals surface area (Å²) in [5.41, 5.74) is 0. The third kappa shape index (κ3) is 3.79. The molecule has 0 saturated carbocycles. The van der Waals surface area contributed by atoms with Crippen LogP contribution in [-0.2, 0) is 7.05 Å². The van der Waals surface area contributed by atoms with Crippen molar-refractivity contribution >= 4 is 0 Å². The van der Waals surface area contributed by atoms with Crippen LogP contribution in [0.15, 0.2) is 12.4 Å². The van der Waals surface area contributed by atoms with Crippen LogP contribution >= 0.6 is 0 Å². The fourth-order valence-corrected chi connectivity index (χ4v) is 1.16. The van der Waals surface area contributed by atoms with Gasteiger partial charge in [0.15, 0.2) is 5.75 Å². The van der Waals surface area contributed by atoms with Crippen molar-refractivity contribution in [2.24, 2.45) is 13.0 Å². The molecule has 80 valence electrons. The summed E-state index contributed by atoms with van der Waals surface area (Å²) in [6, 6.07) is 0. The zero-order valence-corrected chi connectivity index (χ0v) is 9.16. The van der Waals surface area contributed by atoms with Crippen molar-refractivity contribution in [3.63, 3.8) is 0 Å². The van der Waals surface area contributed by atoms with Gasteiger partial charge in [-0.3, -0.25) is 4.68 Å². The lowest BCUT2D eigenvalue weighted by Gasteiger charge is -2.11. The number of aryl methyl sites for hydroxylation is 1. The summed E-state index contributed by atoms with van der Waals surface area (Å²) in [5, 5.41) is 7.32. The Morgan fingerprint density at radius 2 is 2.43 bits per heavy atom. The van der Waals surface area contributed by atoms with E-state index in [-0.39, 0.29) is 0 Å². The van der Waals surface area contributed by atoms with Crippen LogP contribution in [0.25, 0.3) is 0 Å². The Bertz CT molecular complexity index is 260. The molecule has 0 fully saturated rings. The smallest absolute Gasteiger partial charge is 0.157 e. The van der Waals surface area contributed by atoms with Gasteiger partial charge in [-0.2, -0.15) is 5.10 Å². The predicted molar refractivity (Wildman–Crippen MR) is 56.4 cm³/mol. The normalized spacial score (nSPS) is 12.8. The minimum absolute atomic E-state index is 0.523. The van der Waals surface area contributed by atoms with Crippen LogP contribution in [0.1, 0.15) is 13.8 Å². The van der Waals surface area contributed by atoms with Crippen molar-refractivity contribution in [2.75, 3.05) is 19.7 Å². The molecule has 4 nitrogen and oxygen atoms in total. The highest BCUT2D eigenvalue weighted by Gasteiger charge is 2.03. The molecular formula is C10H19N3O. The molecule has 1 rings (SSSR count). The number of hydrogen-bond donors (Lipinski definition) is 1. The van der Waals surface area contributed by atoms with E-state index in [0.717, 1.165) is 25.4 Å². The van der Waals surface area contributed by atoms with Crippen LogP contribution in [0.3, 0.4) is 0 Å². The number of aromatic nitrogens is 2. The highest BCUT2D eigenvalue weighted by Crippen LogP contribution is 2.08. The average Bonchev–Trinajstić information content (AvgIpc) is 2.58. The predicted octanol–water partition coefficient (Wildman–Crippen LogP) is 1.04. The van der Waals surface area contributed by atoms with Gasteiger partial charge in [-0.25, -0.2) is 0 Å². The first-order valence-electron chi connectivity index (χ1n) is 5.04. The molecule has 0 aliphatic rings. The summed E-state index contributed by atoms with van der Waals surface area (Å²) in [5.74, 6) is 1.37. The van der Waals surface area contributed by atoms with E-state index in [4.69, 9.17) is 4.74 Å². The summed E-state index contributed by atoms with van der Waals surface area (Å²) in [6.07, 6.45) is 3.61. The first-order chi connectivity index (χ1) is 6.72. The molecule has 1 aromatic rings. The second-order valence-corrected chi connectivity index (χ2v) is 3.57. The number of nitrogens with one attached hydrogen (secondary N) is 1. The summed E-state index contributed by atoms with van der Waals surface area (Å²) < 4.78 is 7.30. The van der Waals surface area contributed by atoms with Crippen LogP contribution in [0.5, 0.6) is 5.75 Å². The van der Waals surface area contributed by atoms with E-state index in [1.807, 2.05) is 13.2 Å². The van der Waals surface area contributed by atoms with Gasteiger partial charge in [0.2, 0.25) is 0 Å². The van der Waals surface area contributed by atoms with Gasteiger partial charge in [-0.05, 0) is 6.54 Å². The maximum absolute atomic E-state index is 5.56. The SMILES string of the molecule is CCNCC(C)COc1cnn(C)c1. The highest BCUT2D eigenvalue weighted by atomic mass is 16.5. The van der Waals surface area contributed by atoms with Crippen LogP contribution in [0, 0.1) is 5.92 Å². The van der Waals surface area contributed by atoms with Crippen molar-refractivity contribution in [1.29, 1.82) is 0 Å². The topological polar surface area (TPSA) is 39.1 Å². The molecular weight excluding hydrogens is 178 g/mol. The number of rotatable bonds is 6. The first kappa shape index (κ1) is 11.0. The standard InChI is InChI=1S/C10H19N3O/c1-4-11-5-9(2)8-14-10-6-12-13(3)7-10/h6-7,9,11H,4-5,8H2,1-3H3. The van der Waals surface area contributed by atoms with E-state index in [9.17, 15) is 0 Å². The van der Waals surface area contributed by atoms with Gasteiger partial charge in [0.25, 0.3) is 0 Å². The van der Waals surface area contributed by atoms with E-state index in [0.29, 0.717) is 5.92 Å². The van der Waals surface area contributed by atoms with E-state index >= 15 is 0 Å². The second kappa shape index (κ2) is 5.65. The summed E-state index contributed by atoms with van der Waals surface area (Å²) in [6.45, 7) is 7.01. The summed E-state index contributed by atoms with van der Waals surface area (Å²) in [7, 11) is 1.88. The van der Waals surface area contributed by atoms with Crippen LogP contribution in [-0.4, -0.2) is 29.5 Å². The number of ether oxygens (including phenoxy) is 1. The zero-order valence-electron chi connectivity index (χ0n) is 9.16. The van der Waals surface area contributed by atoms with Crippen LogP contribution in [0.2, 0.25) is 0 Å².